The molecule has 0 aliphatic heterocycles. The summed E-state index contributed by atoms with van der Waals surface area (Å²) in [6.07, 6.45) is 3.01. The van der Waals surface area contributed by atoms with Crippen LogP contribution < -0.4 is 27.8 Å². The van der Waals surface area contributed by atoms with Gasteiger partial charge < -0.3 is 32.9 Å². The molecule has 0 spiro atoms. The van der Waals surface area contributed by atoms with Gasteiger partial charge in [0.25, 0.3) is 0 Å². The van der Waals surface area contributed by atoms with Crippen LogP contribution in [0.1, 0.15) is 38.2 Å². The molecular formula is C18H30N6O. The number of hydrogen-bond acceptors (Lipinski definition) is 6. The van der Waals surface area contributed by atoms with Crippen LogP contribution >= 0.6 is 0 Å². The predicted octanol–water partition coefficient (Wildman–Crippen LogP) is 1.09. The summed E-state index contributed by atoms with van der Waals surface area (Å²) in [5, 5.41) is 16.0. The lowest BCUT2D eigenvalue weighted by atomic mass is 9.91. The van der Waals surface area contributed by atoms with E-state index >= 15 is 0 Å². The number of aliphatic hydroxyl groups is 1. The zero-order valence-corrected chi connectivity index (χ0v) is 15.0. The number of aliphatic imine (C=N–C) groups is 1. The van der Waals surface area contributed by atoms with E-state index in [0.717, 1.165) is 36.9 Å². The minimum absolute atomic E-state index is 0.0834. The number of anilines is 1. The average Bonchev–Trinajstić information content (AvgIpc) is 2.55. The first-order chi connectivity index (χ1) is 11.9. The van der Waals surface area contributed by atoms with Gasteiger partial charge in [-0.15, -0.1) is 0 Å². The van der Waals surface area contributed by atoms with Crippen LogP contribution in [0.15, 0.2) is 40.8 Å². The first-order valence-electron chi connectivity index (χ1n) is 8.71. The number of nitrogens with one attached hydrogen (secondary N) is 2. The fourth-order valence-electron chi connectivity index (χ4n) is 2.95. The van der Waals surface area contributed by atoms with Gasteiger partial charge in [0.15, 0.2) is 0 Å². The molecule has 1 aromatic carbocycles. The van der Waals surface area contributed by atoms with Crippen molar-refractivity contribution in [3.05, 3.63) is 41.3 Å². The molecule has 25 heavy (non-hydrogen) atoms. The standard InChI is InChI=1S/C18H30N6O/c1-11-6-5-7-13(10-11)24-18(16(20)17(21)25)23-12(2)22-15-9-4-3-8-14(15)19/h5-7,10,14-15,17,24-25H,3-4,8-9,19-21H2,1-2H3,(H,22,23)/b18-16+/t14-,15+,17?/m0/s1. The number of aryl methyl sites for hydroxylation is 1. The third-order valence-electron chi connectivity index (χ3n) is 4.34. The van der Waals surface area contributed by atoms with Gasteiger partial charge in [0.2, 0.25) is 0 Å². The van der Waals surface area contributed by atoms with E-state index in [0.29, 0.717) is 11.7 Å². The number of nitrogens with two attached hydrogens (primary N) is 3. The lowest BCUT2D eigenvalue weighted by Crippen LogP contribution is -2.39. The van der Waals surface area contributed by atoms with Gasteiger partial charge in [0.05, 0.1) is 17.6 Å². The van der Waals surface area contributed by atoms with E-state index in [2.05, 4.69) is 15.6 Å². The molecule has 1 aromatic rings. The normalized spacial score (nSPS) is 23.6. The van der Waals surface area contributed by atoms with Gasteiger partial charge in [-0.3, -0.25) is 4.99 Å². The van der Waals surface area contributed by atoms with E-state index in [4.69, 9.17) is 17.2 Å². The molecule has 1 fully saturated rings. The Kier molecular flexibility index (Phi) is 6.81. The third-order valence-corrected chi connectivity index (χ3v) is 4.34. The molecule has 7 nitrogen and oxygen atoms in total. The van der Waals surface area contributed by atoms with Crippen LogP contribution in [-0.2, 0) is 0 Å². The zero-order chi connectivity index (χ0) is 18.4. The lowest BCUT2D eigenvalue weighted by Gasteiger charge is -2.26. The van der Waals surface area contributed by atoms with Gasteiger partial charge in [-0.05, 0) is 44.4 Å². The Labute approximate surface area is 149 Å². The summed E-state index contributed by atoms with van der Waals surface area (Å²) in [5.74, 6) is 1.10. The summed E-state index contributed by atoms with van der Waals surface area (Å²) in [7, 11) is 0. The van der Waals surface area contributed by atoms with Crippen LogP contribution in [0.5, 0.6) is 0 Å². The molecule has 1 aliphatic carbocycles. The minimum Gasteiger partial charge on any atom is -0.396 e. The van der Waals surface area contributed by atoms with E-state index in [1.165, 1.54) is 0 Å². The predicted molar refractivity (Wildman–Crippen MR) is 103 cm³/mol. The van der Waals surface area contributed by atoms with Crippen LogP contribution in [0.2, 0.25) is 0 Å². The summed E-state index contributed by atoms with van der Waals surface area (Å²) in [5.41, 5.74) is 19.7. The van der Waals surface area contributed by atoms with Gasteiger partial charge in [-0.1, -0.05) is 25.0 Å². The van der Waals surface area contributed by atoms with Gasteiger partial charge in [-0.25, -0.2) is 0 Å². The molecule has 0 bridgehead atoms. The highest BCUT2D eigenvalue weighted by atomic mass is 16.3. The van der Waals surface area contributed by atoms with Gasteiger partial charge in [0.1, 0.15) is 12.0 Å². The van der Waals surface area contributed by atoms with E-state index in [1.807, 2.05) is 38.1 Å². The molecule has 1 aliphatic rings. The summed E-state index contributed by atoms with van der Waals surface area (Å²) in [4.78, 5) is 4.69. The second-order valence-electron chi connectivity index (χ2n) is 6.62. The zero-order valence-electron chi connectivity index (χ0n) is 15.0. The topological polar surface area (TPSA) is 135 Å². The van der Waals surface area contributed by atoms with Crippen LogP contribution in [0, 0.1) is 6.92 Å². The van der Waals surface area contributed by atoms with Gasteiger partial charge in [0, 0.05) is 11.7 Å². The van der Waals surface area contributed by atoms with Crippen molar-refractivity contribution in [2.75, 3.05) is 5.32 Å². The van der Waals surface area contributed by atoms with E-state index < -0.39 is 6.23 Å². The number of rotatable bonds is 5. The Morgan fingerprint density at radius 2 is 2.04 bits per heavy atom. The monoisotopic (exact) mass is 346 g/mol. The summed E-state index contributed by atoms with van der Waals surface area (Å²) >= 11 is 0. The highest BCUT2D eigenvalue weighted by molar-refractivity contribution is 5.82. The maximum atomic E-state index is 9.66. The molecule has 1 unspecified atom stereocenters. The van der Waals surface area contributed by atoms with Gasteiger partial charge >= 0.3 is 0 Å². The lowest BCUT2D eigenvalue weighted by molar-refractivity contribution is 0.216. The van der Waals surface area contributed by atoms with Gasteiger partial charge in [-0.2, -0.15) is 0 Å². The van der Waals surface area contributed by atoms with Crippen LogP contribution in [-0.4, -0.2) is 29.3 Å². The first kappa shape index (κ1) is 19.2. The fourth-order valence-corrected chi connectivity index (χ4v) is 2.95. The second-order valence-corrected chi connectivity index (χ2v) is 6.62. The Morgan fingerprint density at radius 3 is 2.68 bits per heavy atom. The van der Waals surface area contributed by atoms with E-state index in [1.54, 1.807) is 0 Å². The minimum atomic E-state index is -1.27. The first-order valence-corrected chi connectivity index (χ1v) is 8.71. The Bertz CT molecular complexity index is 640. The van der Waals surface area contributed by atoms with Crippen molar-refractivity contribution in [3.63, 3.8) is 0 Å². The fraction of sp³-hybridized carbons (Fsp3) is 0.500. The van der Waals surface area contributed by atoms with Crippen molar-refractivity contribution in [3.8, 4) is 0 Å². The Hall–Kier alpha value is -2.09. The second kappa shape index (κ2) is 8.84. The molecule has 7 heteroatoms. The molecule has 9 N–H and O–H groups in total. The van der Waals surface area contributed by atoms with Crippen molar-refractivity contribution >= 4 is 11.5 Å². The summed E-state index contributed by atoms with van der Waals surface area (Å²) in [6.45, 7) is 3.86. The molecule has 1 saturated carbocycles. The molecule has 3 atom stereocenters. The van der Waals surface area contributed by atoms with Crippen molar-refractivity contribution in [1.82, 2.24) is 5.32 Å². The van der Waals surface area contributed by atoms with Crippen molar-refractivity contribution in [2.45, 2.75) is 57.8 Å². The molecule has 0 radical (unpaired) electrons. The molecule has 0 heterocycles. The van der Waals surface area contributed by atoms with Crippen LogP contribution in [0.25, 0.3) is 0 Å². The maximum absolute atomic E-state index is 9.66. The molecular weight excluding hydrogens is 316 g/mol. The van der Waals surface area contributed by atoms with Crippen molar-refractivity contribution in [2.24, 2.45) is 22.2 Å². The Morgan fingerprint density at radius 1 is 1.32 bits per heavy atom. The smallest absolute Gasteiger partial charge is 0.146 e. The highest BCUT2D eigenvalue weighted by Gasteiger charge is 2.21. The maximum Gasteiger partial charge on any atom is 0.146 e. The van der Waals surface area contributed by atoms with Crippen LogP contribution in [0.4, 0.5) is 5.69 Å². The van der Waals surface area contributed by atoms with Crippen LogP contribution in [0.3, 0.4) is 0 Å². The largest absolute Gasteiger partial charge is 0.396 e. The molecule has 0 amide bonds. The van der Waals surface area contributed by atoms with Crippen molar-refractivity contribution < 1.29 is 5.11 Å². The molecule has 0 aromatic heterocycles. The highest BCUT2D eigenvalue weighted by Crippen LogP contribution is 2.20. The number of amidine groups is 1. The SMILES string of the molecule is CC(=N[C@@H]1CCCC[C@@H]1N)N/C(Nc1cccc(C)c1)=C(\N)C(N)O. The van der Waals surface area contributed by atoms with Crippen molar-refractivity contribution in [1.29, 1.82) is 0 Å². The van der Waals surface area contributed by atoms with E-state index in [-0.39, 0.29) is 17.8 Å². The number of benzene rings is 1. The number of nitrogens with zero attached hydrogens (tertiary/aromatic N) is 1. The third kappa shape index (κ3) is 5.74. The van der Waals surface area contributed by atoms with E-state index in [9.17, 15) is 5.11 Å². The molecule has 0 saturated heterocycles. The average molecular weight is 346 g/mol. The Balaban J connectivity index is 2.17. The quantitative estimate of drug-likeness (QED) is 0.268. The number of hydrogen-bond donors (Lipinski definition) is 6. The summed E-state index contributed by atoms with van der Waals surface area (Å²) in [6, 6.07) is 8.01. The molecule has 2 rings (SSSR count). The molecule has 138 valence electrons. The summed E-state index contributed by atoms with van der Waals surface area (Å²) < 4.78 is 0. The number of aliphatic hydroxyl groups excluding tert-OH is 1.